The van der Waals surface area contributed by atoms with Gasteiger partial charge < -0.3 is 10.6 Å². The van der Waals surface area contributed by atoms with Gasteiger partial charge in [-0.1, -0.05) is 54.6 Å². The first-order valence-electron chi connectivity index (χ1n) is 7.90. The zero-order chi connectivity index (χ0) is 16.9. The van der Waals surface area contributed by atoms with Crippen molar-refractivity contribution in [3.63, 3.8) is 0 Å². The molecule has 3 aromatic rings. The predicted octanol–water partition coefficient (Wildman–Crippen LogP) is 4.27. The molecule has 1 amide bonds. The fourth-order valence-corrected chi connectivity index (χ4v) is 2.71. The Labute approximate surface area is 140 Å². The maximum atomic E-state index is 13.7. The first-order chi connectivity index (χ1) is 11.6. The van der Waals surface area contributed by atoms with Gasteiger partial charge in [-0.25, -0.2) is 4.39 Å². The van der Waals surface area contributed by atoms with Gasteiger partial charge in [0, 0.05) is 22.7 Å². The Hall–Kier alpha value is -2.72. The van der Waals surface area contributed by atoms with Crippen molar-refractivity contribution in [2.24, 2.45) is 0 Å². The largest absolute Gasteiger partial charge is 0.324 e. The van der Waals surface area contributed by atoms with Crippen LogP contribution >= 0.6 is 0 Å². The smallest absolute Gasteiger partial charge is 0.238 e. The molecular weight excluding hydrogens is 303 g/mol. The van der Waals surface area contributed by atoms with Crippen molar-refractivity contribution < 1.29 is 9.18 Å². The molecule has 3 aromatic carbocycles. The van der Waals surface area contributed by atoms with Gasteiger partial charge in [-0.15, -0.1) is 0 Å². The molecule has 122 valence electrons. The third-order valence-electron chi connectivity index (χ3n) is 4.00. The van der Waals surface area contributed by atoms with Crippen molar-refractivity contribution in [2.75, 3.05) is 11.9 Å². The highest BCUT2D eigenvalue weighted by Crippen LogP contribution is 2.23. The van der Waals surface area contributed by atoms with E-state index in [4.69, 9.17) is 0 Å². The number of carbonyl (C=O) groups excluding carboxylic acids is 1. The second kappa shape index (κ2) is 7.23. The molecule has 2 N–H and O–H groups in total. The molecule has 1 atom stereocenters. The van der Waals surface area contributed by atoms with Crippen LogP contribution in [0, 0.1) is 5.82 Å². The summed E-state index contributed by atoms with van der Waals surface area (Å²) < 4.78 is 13.7. The molecule has 0 heterocycles. The van der Waals surface area contributed by atoms with Crippen molar-refractivity contribution in [3.05, 3.63) is 78.1 Å². The van der Waals surface area contributed by atoms with Crippen LogP contribution in [0.25, 0.3) is 10.8 Å². The normalized spacial score (nSPS) is 12.1. The quantitative estimate of drug-likeness (QED) is 0.736. The third kappa shape index (κ3) is 3.60. The average molecular weight is 322 g/mol. The number of fused-ring (bicyclic) bond motifs is 1. The molecule has 0 saturated heterocycles. The van der Waals surface area contributed by atoms with E-state index in [9.17, 15) is 9.18 Å². The summed E-state index contributed by atoms with van der Waals surface area (Å²) in [7, 11) is 0. The highest BCUT2D eigenvalue weighted by molar-refractivity contribution is 6.02. The number of benzene rings is 3. The van der Waals surface area contributed by atoms with Gasteiger partial charge in [-0.3, -0.25) is 4.79 Å². The minimum atomic E-state index is -0.271. The second-order valence-corrected chi connectivity index (χ2v) is 5.70. The number of hydrogen-bond acceptors (Lipinski definition) is 2. The average Bonchev–Trinajstić information content (AvgIpc) is 2.60. The monoisotopic (exact) mass is 322 g/mol. The fourth-order valence-electron chi connectivity index (χ4n) is 2.71. The van der Waals surface area contributed by atoms with E-state index in [0.717, 1.165) is 16.5 Å². The molecule has 0 spiro atoms. The summed E-state index contributed by atoms with van der Waals surface area (Å²) >= 11 is 0. The highest BCUT2D eigenvalue weighted by Gasteiger charge is 2.12. The number of halogens is 1. The summed E-state index contributed by atoms with van der Waals surface area (Å²) in [5, 5.41) is 8.03. The van der Waals surface area contributed by atoms with Gasteiger partial charge in [0.05, 0.1) is 6.54 Å². The van der Waals surface area contributed by atoms with Crippen molar-refractivity contribution in [1.29, 1.82) is 0 Å². The summed E-state index contributed by atoms with van der Waals surface area (Å²) in [4.78, 5) is 12.2. The van der Waals surface area contributed by atoms with Gasteiger partial charge >= 0.3 is 0 Å². The van der Waals surface area contributed by atoms with E-state index in [1.165, 1.54) is 6.07 Å². The molecule has 0 fully saturated rings. The van der Waals surface area contributed by atoms with Gasteiger partial charge in [0.1, 0.15) is 5.82 Å². The van der Waals surface area contributed by atoms with Crippen LogP contribution in [0.4, 0.5) is 10.1 Å². The Morgan fingerprint density at radius 3 is 2.54 bits per heavy atom. The molecule has 0 saturated carbocycles. The molecule has 3 nitrogen and oxygen atoms in total. The Balaban J connectivity index is 1.64. The molecular formula is C20H19FN2O. The number of carbonyl (C=O) groups is 1. The summed E-state index contributed by atoms with van der Waals surface area (Å²) in [6, 6.07) is 20.0. The maximum absolute atomic E-state index is 13.7. The van der Waals surface area contributed by atoms with Crippen LogP contribution in [0.5, 0.6) is 0 Å². The first kappa shape index (κ1) is 16.1. The van der Waals surface area contributed by atoms with E-state index in [-0.39, 0.29) is 24.3 Å². The molecule has 3 rings (SSSR count). The van der Waals surface area contributed by atoms with Crippen molar-refractivity contribution in [3.8, 4) is 0 Å². The highest BCUT2D eigenvalue weighted by atomic mass is 19.1. The van der Waals surface area contributed by atoms with Gasteiger partial charge in [-0.2, -0.15) is 0 Å². The molecule has 1 unspecified atom stereocenters. The lowest BCUT2D eigenvalue weighted by Gasteiger charge is -2.15. The zero-order valence-electron chi connectivity index (χ0n) is 13.4. The summed E-state index contributed by atoms with van der Waals surface area (Å²) in [5.74, 6) is -0.429. The number of amides is 1. The molecule has 0 bridgehead atoms. The number of anilines is 1. The Morgan fingerprint density at radius 1 is 1.00 bits per heavy atom. The van der Waals surface area contributed by atoms with E-state index in [0.29, 0.717) is 5.56 Å². The number of rotatable bonds is 5. The van der Waals surface area contributed by atoms with E-state index in [1.807, 2.05) is 49.4 Å². The van der Waals surface area contributed by atoms with Gasteiger partial charge in [0.15, 0.2) is 0 Å². The Kier molecular flexibility index (Phi) is 4.87. The molecule has 4 heteroatoms. The van der Waals surface area contributed by atoms with Crippen LogP contribution < -0.4 is 10.6 Å². The van der Waals surface area contributed by atoms with Crippen LogP contribution in [0.15, 0.2) is 66.7 Å². The Bertz CT molecular complexity index is 858. The zero-order valence-corrected chi connectivity index (χ0v) is 13.4. The standard InChI is InChI=1S/C20H19FN2O/c1-14(16-9-4-5-11-18(16)21)22-13-20(24)23-19-12-6-8-15-7-2-3-10-17(15)19/h2-12,14,22H,13H2,1H3,(H,23,24). The lowest BCUT2D eigenvalue weighted by molar-refractivity contribution is -0.115. The third-order valence-corrected chi connectivity index (χ3v) is 4.00. The van der Waals surface area contributed by atoms with E-state index in [1.54, 1.807) is 18.2 Å². The molecule has 0 aliphatic carbocycles. The summed E-state index contributed by atoms with van der Waals surface area (Å²) in [5.41, 5.74) is 1.33. The fraction of sp³-hybridized carbons (Fsp3) is 0.150. The molecule has 24 heavy (non-hydrogen) atoms. The second-order valence-electron chi connectivity index (χ2n) is 5.70. The van der Waals surface area contributed by atoms with Crippen LogP contribution in [0.2, 0.25) is 0 Å². The van der Waals surface area contributed by atoms with Crippen molar-refractivity contribution in [2.45, 2.75) is 13.0 Å². The minimum absolute atomic E-state index is 0.110. The molecule has 0 radical (unpaired) electrons. The van der Waals surface area contributed by atoms with Gasteiger partial charge in [0.2, 0.25) is 5.91 Å². The van der Waals surface area contributed by atoms with Crippen LogP contribution in [0.1, 0.15) is 18.5 Å². The van der Waals surface area contributed by atoms with E-state index < -0.39 is 0 Å². The number of nitrogens with one attached hydrogen (secondary N) is 2. The SMILES string of the molecule is CC(NCC(=O)Nc1cccc2ccccc12)c1ccccc1F. The number of hydrogen-bond donors (Lipinski definition) is 2. The van der Waals surface area contributed by atoms with E-state index >= 15 is 0 Å². The van der Waals surface area contributed by atoms with Gasteiger partial charge in [0.25, 0.3) is 0 Å². The lowest BCUT2D eigenvalue weighted by Crippen LogP contribution is -2.30. The minimum Gasteiger partial charge on any atom is -0.324 e. The first-order valence-corrected chi connectivity index (χ1v) is 7.90. The summed E-state index contributed by atoms with van der Waals surface area (Å²) in [6.07, 6.45) is 0. The maximum Gasteiger partial charge on any atom is 0.238 e. The topological polar surface area (TPSA) is 41.1 Å². The Morgan fingerprint density at radius 2 is 1.71 bits per heavy atom. The van der Waals surface area contributed by atoms with Crippen molar-refractivity contribution in [1.82, 2.24) is 5.32 Å². The van der Waals surface area contributed by atoms with Crippen LogP contribution in [-0.4, -0.2) is 12.5 Å². The lowest BCUT2D eigenvalue weighted by atomic mass is 10.1. The van der Waals surface area contributed by atoms with Gasteiger partial charge in [-0.05, 0) is 24.4 Å². The van der Waals surface area contributed by atoms with Crippen molar-refractivity contribution >= 4 is 22.4 Å². The van der Waals surface area contributed by atoms with Crippen LogP contribution in [0.3, 0.4) is 0 Å². The molecule has 0 aromatic heterocycles. The predicted molar refractivity (Wildman–Crippen MR) is 95.4 cm³/mol. The molecule has 0 aliphatic rings. The molecule has 0 aliphatic heterocycles. The van der Waals surface area contributed by atoms with Crippen LogP contribution in [-0.2, 0) is 4.79 Å². The van der Waals surface area contributed by atoms with E-state index in [2.05, 4.69) is 10.6 Å². The summed E-state index contributed by atoms with van der Waals surface area (Å²) in [6.45, 7) is 1.95.